The fourth-order valence-electron chi connectivity index (χ4n) is 2.64. The molecule has 144 valence electrons. The lowest BCUT2D eigenvalue weighted by molar-refractivity contribution is -0.115. The van der Waals surface area contributed by atoms with Gasteiger partial charge in [0.1, 0.15) is 10.7 Å². The van der Waals surface area contributed by atoms with Crippen molar-refractivity contribution in [2.75, 3.05) is 11.9 Å². The highest BCUT2D eigenvalue weighted by Crippen LogP contribution is 2.30. The quantitative estimate of drug-likeness (QED) is 0.464. The zero-order valence-corrected chi connectivity index (χ0v) is 17.3. The first-order valence-electron chi connectivity index (χ1n) is 8.61. The lowest BCUT2D eigenvalue weighted by Gasteiger charge is -2.09. The molecule has 2 aromatic carbocycles. The number of para-hydroxylation sites is 2. The van der Waals surface area contributed by atoms with Crippen molar-refractivity contribution in [1.29, 1.82) is 0 Å². The van der Waals surface area contributed by atoms with Gasteiger partial charge in [0.05, 0.1) is 22.4 Å². The highest BCUT2D eigenvalue weighted by Gasteiger charge is 2.19. The molecule has 0 bridgehead atoms. The van der Waals surface area contributed by atoms with E-state index >= 15 is 0 Å². The Bertz CT molecular complexity index is 1180. The van der Waals surface area contributed by atoms with Crippen LogP contribution in [0.25, 0.3) is 20.9 Å². The molecule has 7 nitrogen and oxygen atoms in total. The predicted octanol–water partition coefficient (Wildman–Crippen LogP) is 3.88. The van der Waals surface area contributed by atoms with Crippen LogP contribution >= 0.6 is 27.3 Å². The number of thiazole rings is 1. The minimum atomic E-state index is -0.491. The van der Waals surface area contributed by atoms with Crippen molar-refractivity contribution < 1.29 is 9.59 Å². The molecule has 2 heterocycles. The third-order valence-corrected chi connectivity index (χ3v) is 5.70. The summed E-state index contributed by atoms with van der Waals surface area (Å²) < 4.78 is 1.75. The van der Waals surface area contributed by atoms with Crippen LogP contribution < -0.4 is 10.6 Å². The van der Waals surface area contributed by atoms with E-state index in [2.05, 4.69) is 41.5 Å². The second-order valence-corrected chi connectivity index (χ2v) is 7.84. The van der Waals surface area contributed by atoms with E-state index in [0.29, 0.717) is 16.4 Å². The Morgan fingerprint density at radius 3 is 2.59 bits per heavy atom. The Hall–Kier alpha value is -3.17. The van der Waals surface area contributed by atoms with Crippen LogP contribution in [0, 0.1) is 0 Å². The smallest absolute Gasteiger partial charge is 0.272 e. The van der Waals surface area contributed by atoms with Gasteiger partial charge in [-0.3, -0.25) is 9.59 Å². The number of anilines is 1. The van der Waals surface area contributed by atoms with Gasteiger partial charge in [-0.05, 0) is 40.2 Å². The minimum Gasteiger partial charge on any atom is -0.342 e. The van der Waals surface area contributed by atoms with E-state index in [4.69, 9.17) is 0 Å². The summed E-state index contributed by atoms with van der Waals surface area (Å²) in [5, 5.41) is 5.92. The number of hydrogen-bond donors (Lipinski definition) is 2. The molecule has 2 amide bonds. The Balaban J connectivity index is 1.49. The number of benzene rings is 2. The molecule has 0 aliphatic heterocycles. The van der Waals surface area contributed by atoms with Crippen LogP contribution in [0.3, 0.4) is 0 Å². The zero-order valence-electron chi connectivity index (χ0n) is 14.9. The molecule has 0 saturated heterocycles. The molecule has 0 aliphatic rings. The number of carbonyl (C=O) groups excluding carboxylic acids is 2. The number of hydrogen-bond acceptors (Lipinski definition) is 6. The average Bonchev–Trinajstić information content (AvgIpc) is 3.18. The number of halogens is 1. The summed E-state index contributed by atoms with van der Waals surface area (Å²) in [5.74, 6) is -0.842. The second kappa shape index (κ2) is 8.46. The Labute approximate surface area is 178 Å². The van der Waals surface area contributed by atoms with Gasteiger partial charge in [-0.25, -0.2) is 15.0 Å². The van der Waals surface area contributed by atoms with E-state index in [1.54, 1.807) is 6.07 Å². The van der Waals surface area contributed by atoms with Crippen LogP contribution in [0.15, 0.2) is 65.4 Å². The largest absolute Gasteiger partial charge is 0.342 e. The molecule has 4 rings (SSSR count). The number of carbonyl (C=O) groups is 2. The van der Waals surface area contributed by atoms with Gasteiger partial charge in [-0.15, -0.1) is 11.3 Å². The lowest BCUT2D eigenvalue weighted by Crippen LogP contribution is -2.33. The summed E-state index contributed by atoms with van der Waals surface area (Å²) in [6, 6.07) is 14.9. The molecule has 0 aliphatic carbocycles. The van der Waals surface area contributed by atoms with E-state index in [1.165, 1.54) is 23.7 Å². The van der Waals surface area contributed by atoms with Gasteiger partial charge in [0.25, 0.3) is 5.91 Å². The highest BCUT2D eigenvalue weighted by atomic mass is 79.9. The predicted molar refractivity (Wildman–Crippen MR) is 116 cm³/mol. The number of rotatable bonds is 5. The zero-order chi connectivity index (χ0) is 20.2. The number of fused-ring (bicyclic) bond motifs is 1. The normalized spacial score (nSPS) is 10.7. The van der Waals surface area contributed by atoms with Crippen molar-refractivity contribution >= 4 is 55.0 Å². The molecule has 29 heavy (non-hydrogen) atoms. The average molecular weight is 468 g/mol. The van der Waals surface area contributed by atoms with Crippen LogP contribution in [0.2, 0.25) is 0 Å². The van der Waals surface area contributed by atoms with Crippen LogP contribution in [0.5, 0.6) is 0 Å². The maximum atomic E-state index is 12.7. The fraction of sp³-hybridized carbons (Fsp3) is 0.0500. The van der Waals surface area contributed by atoms with Crippen molar-refractivity contribution in [3.8, 4) is 10.7 Å². The monoisotopic (exact) mass is 467 g/mol. The summed E-state index contributed by atoms with van der Waals surface area (Å²) in [6.07, 6.45) is 2.95. The van der Waals surface area contributed by atoms with Crippen LogP contribution in [0.4, 0.5) is 5.69 Å². The maximum absolute atomic E-state index is 12.7. The molecular formula is C20H14BrN5O2S. The number of amides is 2. The molecule has 9 heteroatoms. The molecule has 0 fully saturated rings. The van der Waals surface area contributed by atoms with Crippen molar-refractivity contribution in [2.24, 2.45) is 0 Å². The molecule has 0 spiro atoms. The molecule has 4 aromatic rings. The topological polar surface area (TPSA) is 96.9 Å². The van der Waals surface area contributed by atoms with Crippen molar-refractivity contribution in [3.05, 3.63) is 71.1 Å². The van der Waals surface area contributed by atoms with Crippen LogP contribution in [-0.2, 0) is 4.79 Å². The van der Waals surface area contributed by atoms with Gasteiger partial charge in [-0.2, -0.15) is 0 Å². The van der Waals surface area contributed by atoms with Gasteiger partial charge in [0.15, 0.2) is 5.69 Å². The maximum Gasteiger partial charge on any atom is 0.272 e. The molecule has 0 radical (unpaired) electrons. The van der Waals surface area contributed by atoms with Crippen molar-refractivity contribution in [3.63, 3.8) is 0 Å². The summed E-state index contributed by atoms with van der Waals surface area (Å²) in [6.45, 7) is -0.198. The number of nitrogens with one attached hydrogen (secondary N) is 2. The first kappa shape index (κ1) is 19.2. The van der Waals surface area contributed by atoms with Gasteiger partial charge in [-0.1, -0.05) is 24.3 Å². The Morgan fingerprint density at radius 1 is 1.00 bits per heavy atom. The van der Waals surface area contributed by atoms with Crippen LogP contribution in [-0.4, -0.2) is 33.3 Å². The van der Waals surface area contributed by atoms with Gasteiger partial charge in [0, 0.05) is 16.9 Å². The first-order chi connectivity index (χ1) is 14.1. The summed E-state index contributed by atoms with van der Waals surface area (Å²) in [4.78, 5) is 37.8. The van der Waals surface area contributed by atoms with Gasteiger partial charge in [0.2, 0.25) is 5.91 Å². The van der Waals surface area contributed by atoms with E-state index in [9.17, 15) is 9.59 Å². The summed E-state index contributed by atoms with van der Waals surface area (Å²) in [7, 11) is 0. The van der Waals surface area contributed by atoms with E-state index in [-0.39, 0.29) is 18.1 Å². The Kier molecular flexibility index (Phi) is 5.59. The number of nitrogens with zero attached hydrogens (tertiary/aromatic N) is 3. The summed E-state index contributed by atoms with van der Waals surface area (Å²) >= 11 is 4.80. The molecule has 0 unspecified atom stereocenters. The van der Waals surface area contributed by atoms with E-state index in [1.807, 2.05) is 42.5 Å². The molecule has 0 saturated carbocycles. The van der Waals surface area contributed by atoms with Crippen LogP contribution in [0.1, 0.15) is 10.5 Å². The first-order valence-corrected chi connectivity index (χ1v) is 10.2. The van der Waals surface area contributed by atoms with E-state index < -0.39 is 5.91 Å². The van der Waals surface area contributed by atoms with E-state index in [0.717, 1.165) is 14.7 Å². The van der Waals surface area contributed by atoms with Gasteiger partial charge < -0.3 is 10.6 Å². The highest BCUT2D eigenvalue weighted by molar-refractivity contribution is 9.10. The van der Waals surface area contributed by atoms with Gasteiger partial charge >= 0.3 is 0 Å². The third kappa shape index (κ3) is 4.30. The minimum absolute atomic E-state index is 0.125. The standard InChI is InChI=1S/C20H14BrN5O2S/c21-12-5-1-2-6-13(12)25-16(27)11-24-19(28)17-18(23-10-9-22-17)20-26-14-7-3-4-8-15(14)29-20/h1-10H,11H2,(H,24,28)(H,25,27). The molecular weight excluding hydrogens is 454 g/mol. The lowest BCUT2D eigenvalue weighted by atomic mass is 10.3. The van der Waals surface area contributed by atoms with Crippen molar-refractivity contribution in [2.45, 2.75) is 0 Å². The Morgan fingerprint density at radius 2 is 1.76 bits per heavy atom. The third-order valence-electron chi connectivity index (χ3n) is 3.97. The number of aromatic nitrogens is 3. The SMILES string of the molecule is O=C(CNC(=O)c1nccnc1-c1nc2ccccc2s1)Nc1ccccc1Br. The van der Waals surface area contributed by atoms with Crippen molar-refractivity contribution in [1.82, 2.24) is 20.3 Å². The molecule has 2 N–H and O–H groups in total. The fourth-order valence-corrected chi connectivity index (χ4v) is 3.98. The molecule has 2 aromatic heterocycles. The second-order valence-electron chi connectivity index (χ2n) is 5.95. The molecule has 0 atom stereocenters. The summed E-state index contributed by atoms with van der Waals surface area (Å²) in [5.41, 5.74) is 1.97.